The van der Waals surface area contributed by atoms with Crippen molar-refractivity contribution in [1.29, 1.82) is 0 Å². The molecule has 0 radical (unpaired) electrons. The van der Waals surface area contributed by atoms with Crippen LogP contribution < -0.4 is 10.1 Å². The Balaban J connectivity index is 1.92. The van der Waals surface area contributed by atoms with Gasteiger partial charge in [-0.15, -0.1) is 0 Å². The van der Waals surface area contributed by atoms with E-state index in [1.54, 1.807) is 17.7 Å². The second-order valence-electron chi connectivity index (χ2n) is 6.76. The summed E-state index contributed by atoms with van der Waals surface area (Å²) in [6, 6.07) is 9.92. The number of ether oxygens (including phenoxy) is 1. The lowest BCUT2D eigenvalue weighted by Gasteiger charge is -2.12. The number of anilines is 1. The molecule has 0 saturated carbocycles. The number of aryl methyl sites for hydroxylation is 3. The average Bonchev–Trinajstić information content (AvgIpc) is 3.05. The van der Waals surface area contributed by atoms with Gasteiger partial charge in [0.1, 0.15) is 11.5 Å². The number of carbonyl (C=O) groups is 1. The van der Waals surface area contributed by atoms with Gasteiger partial charge in [-0.25, -0.2) is 0 Å². The Hall–Kier alpha value is -3.68. The van der Waals surface area contributed by atoms with Crippen molar-refractivity contribution in [3.8, 4) is 11.5 Å². The number of nitrogens with one attached hydrogen (secondary N) is 1. The number of carbonyl (C=O) groups excluding carboxylic acids is 1. The smallest absolute Gasteiger partial charge is 0.275 e. The summed E-state index contributed by atoms with van der Waals surface area (Å²) in [6.45, 7) is 8.20. The summed E-state index contributed by atoms with van der Waals surface area (Å²) < 4.78 is 7.59. The van der Waals surface area contributed by atoms with Gasteiger partial charge in [-0.3, -0.25) is 19.6 Å². The first kappa shape index (κ1) is 20.1. The zero-order valence-electron chi connectivity index (χ0n) is 16.7. The number of nitro benzene ring substituents is 1. The fraction of sp³-hybridized carbons (Fsp3) is 0.238. The molecule has 3 aromatic rings. The number of rotatable bonds is 6. The number of hydrogen-bond acceptors (Lipinski definition) is 5. The first-order valence-electron chi connectivity index (χ1n) is 9.17. The fourth-order valence-electron chi connectivity index (χ4n) is 2.95. The molecule has 150 valence electrons. The van der Waals surface area contributed by atoms with Crippen LogP contribution in [0.25, 0.3) is 0 Å². The molecule has 2 aromatic carbocycles. The summed E-state index contributed by atoms with van der Waals surface area (Å²) in [5.74, 6) is 0.479. The topological polar surface area (TPSA) is 99.3 Å². The van der Waals surface area contributed by atoms with Gasteiger partial charge in [-0.05, 0) is 44.9 Å². The van der Waals surface area contributed by atoms with Crippen molar-refractivity contribution < 1.29 is 14.5 Å². The van der Waals surface area contributed by atoms with Crippen LogP contribution in [0.2, 0.25) is 0 Å². The molecule has 0 aliphatic heterocycles. The monoisotopic (exact) mass is 394 g/mol. The Morgan fingerprint density at radius 1 is 1.21 bits per heavy atom. The van der Waals surface area contributed by atoms with Gasteiger partial charge in [0.2, 0.25) is 0 Å². The second kappa shape index (κ2) is 8.14. The summed E-state index contributed by atoms with van der Waals surface area (Å²) in [6.07, 6.45) is 1.49. The van der Waals surface area contributed by atoms with E-state index in [1.807, 2.05) is 39.0 Å². The van der Waals surface area contributed by atoms with Gasteiger partial charge < -0.3 is 10.1 Å². The number of non-ortho nitro benzene ring substituents is 1. The van der Waals surface area contributed by atoms with Crippen molar-refractivity contribution in [1.82, 2.24) is 9.78 Å². The normalized spacial score (nSPS) is 10.6. The Kier molecular flexibility index (Phi) is 5.63. The predicted molar refractivity (Wildman–Crippen MR) is 110 cm³/mol. The van der Waals surface area contributed by atoms with Crippen molar-refractivity contribution in [2.75, 3.05) is 5.32 Å². The van der Waals surface area contributed by atoms with Gasteiger partial charge in [0.25, 0.3) is 11.6 Å². The highest BCUT2D eigenvalue weighted by molar-refractivity contribution is 6.05. The minimum absolute atomic E-state index is 0.177. The number of nitrogens with zero attached hydrogens (tertiary/aromatic N) is 3. The van der Waals surface area contributed by atoms with Gasteiger partial charge in [0, 0.05) is 24.4 Å². The second-order valence-corrected chi connectivity index (χ2v) is 6.76. The summed E-state index contributed by atoms with van der Waals surface area (Å²) in [5.41, 5.74) is 3.14. The molecule has 0 unspecified atom stereocenters. The predicted octanol–water partition coefficient (Wildman–Crippen LogP) is 4.78. The van der Waals surface area contributed by atoms with E-state index < -0.39 is 4.92 Å². The van der Waals surface area contributed by atoms with Gasteiger partial charge in [-0.1, -0.05) is 12.1 Å². The van der Waals surface area contributed by atoms with Crippen LogP contribution in [0.4, 0.5) is 11.4 Å². The molecule has 1 aromatic heterocycles. The zero-order valence-corrected chi connectivity index (χ0v) is 16.7. The van der Waals surface area contributed by atoms with Crippen LogP contribution in [0.5, 0.6) is 11.5 Å². The van der Waals surface area contributed by atoms with Gasteiger partial charge in [0.05, 0.1) is 28.4 Å². The Morgan fingerprint density at radius 3 is 2.62 bits per heavy atom. The van der Waals surface area contributed by atoms with Gasteiger partial charge >= 0.3 is 0 Å². The Labute approximate surface area is 168 Å². The summed E-state index contributed by atoms with van der Waals surface area (Å²) in [4.78, 5) is 23.5. The number of amides is 1. The largest absolute Gasteiger partial charge is 0.457 e. The van der Waals surface area contributed by atoms with Crippen LogP contribution >= 0.6 is 0 Å². The lowest BCUT2D eigenvalue weighted by molar-refractivity contribution is -0.384. The fourth-order valence-corrected chi connectivity index (χ4v) is 2.95. The highest BCUT2D eigenvalue weighted by Crippen LogP contribution is 2.32. The van der Waals surface area contributed by atoms with Crippen LogP contribution in [0, 0.1) is 30.9 Å². The molecule has 29 heavy (non-hydrogen) atoms. The summed E-state index contributed by atoms with van der Waals surface area (Å²) >= 11 is 0. The lowest BCUT2D eigenvalue weighted by atomic mass is 10.1. The molecule has 1 heterocycles. The standard InChI is InChI=1S/C21H22N4O4/c1-5-24-15(4)19(12-22-24)21(26)23-16-9-17(25(27)28)11-18(10-16)29-20-8-13(2)6-7-14(20)3/h6-12H,5H2,1-4H3,(H,23,26). The van der Waals surface area contributed by atoms with E-state index >= 15 is 0 Å². The highest BCUT2D eigenvalue weighted by atomic mass is 16.6. The van der Waals surface area contributed by atoms with Crippen molar-refractivity contribution in [3.63, 3.8) is 0 Å². The minimum atomic E-state index is -0.522. The number of hydrogen-bond donors (Lipinski definition) is 1. The van der Waals surface area contributed by atoms with Crippen molar-refractivity contribution in [2.45, 2.75) is 34.2 Å². The minimum Gasteiger partial charge on any atom is -0.457 e. The molecule has 0 spiro atoms. The summed E-state index contributed by atoms with van der Waals surface area (Å²) in [7, 11) is 0. The maximum absolute atomic E-state index is 12.6. The van der Waals surface area contributed by atoms with E-state index in [-0.39, 0.29) is 23.0 Å². The van der Waals surface area contributed by atoms with Crippen LogP contribution in [0.15, 0.2) is 42.6 Å². The third-order valence-electron chi connectivity index (χ3n) is 4.58. The van der Waals surface area contributed by atoms with E-state index in [0.29, 0.717) is 17.9 Å². The van der Waals surface area contributed by atoms with Crippen molar-refractivity contribution >= 4 is 17.3 Å². The average molecular weight is 394 g/mol. The molecule has 0 saturated heterocycles. The van der Waals surface area contributed by atoms with Gasteiger partial charge in [0.15, 0.2) is 0 Å². The maximum Gasteiger partial charge on any atom is 0.275 e. The Bertz CT molecular complexity index is 1090. The van der Waals surface area contributed by atoms with E-state index in [9.17, 15) is 14.9 Å². The Morgan fingerprint density at radius 2 is 1.97 bits per heavy atom. The highest BCUT2D eigenvalue weighted by Gasteiger charge is 2.17. The van der Waals surface area contributed by atoms with E-state index in [1.165, 1.54) is 18.3 Å². The first-order valence-corrected chi connectivity index (χ1v) is 9.17. The molecule has 8 nitrogen and oxygen atoms in total. The van der Waals surface area contributed by atoms with Crippen molar-refractivity contribution in [3.05, 3.63) is 75.1 Å². The quantitative estimate of drug-likeness (QED) is 0.479. The number of nitro groups is 1. The number of aromatic nitrogens is 2. The van der Waals surface area contributed by atoms with E-state index in [2.05, 4.69) is 10.4 Å². The number of benzene rings is 2. The third-order valence-corrected chi connectivity index (χ3v) is 4.58. The summed E-state index contributed by atoms with van der Waals surface area (Å²) in [5, 5.41) is 18.2. The molecule has 0 fully saturated rings. The molecular formula is C21H22N4O4. The van der Waals surface area contributed by atoms with E-state index in [4.69, 9.17) is 4.74 Å². The third kappa shape index (κ3) is 4.43. The van der Waals surface area contributed by atoms with Gasteiger partial charge in [-0.2, -0.15) is 5.10 Å². The molecule has 3 rings (SSSR count). The molecule has 0 aliphatic rings. The molecule has 0 bridgehead atoms. The molecule has 1 N–H and O–H groups in total. The SMILES string of the molecule is CCn1ncc(C(=O)Nc2cc(Oc3cc(C)ccc3C)cc([N+](=O)[O-])c2)c1C. The van der Waals surface area contributed by atoms with Crippen LogP contribution in [0.3, 0.4) is 0 Å². The van der Waals surface area contributed by atoms with Crippen molar-refractivity contribution in [2.24, 2.45) is 0 Å². The van der Waals surface area contributed by atoms with Crippen LogP contribution in [-0.4, -0.2) is 20.6 Å². The van der Waals surface area contributed by atoms with Crippen LogP contribution in [-0.2, 0) is 6.54 Å². The lowest BCUT2D eigenvalue weighted by Crippen LogP contribution is -2.13. The molecule has 0 aliphatic carbocycles. The van der Waals surface area contributed by atoms with E-state index in [0.717, 1.165) is 16.8 Å². The van der Waals surface area contributed by atoms with Crippen LogP contribution in [0.1, 0.15) is 34.1 Å². The molecular weight excluding hydrogens is 372 g/mol. The zero-order chi connectivity index (χ0) is 21.1. The molecule has 0 atom stereocenters. The molecule has 1 amide bonds. The maximum atomic E-state index is 12.6. The first-order chi connectivity index (χ1) is 13.8. The molecule has 8 heteroatoms.